The number of thiophene rings is 2. The molecule has 6 rings (SSSR count). The predicted molar refractivity (Wildman–Crippen MR) is 139 cm³/mol. The summed E-state index contributed by atoms with van der Waals surface area (Å²) in [5.41, 5.74) is 2.98. The van der Waals surface area contributed by atoms with Gasteiger partial charge in [0.1, 0.15) is 16.1 Å². The van der Waals surface area contributed by atoms with E-state index in [4.69, 9.17) is 0 Å². The van der Waals surface area contributed by atoms with Crippen LogP contribution in [0, 0.1) is 0 Å². The van der Waals surface area contributed by atoms with E-state index in [-0.39, 0.29) is 0 Å². The lowest BCUT2D eigenvalue weighted by atomic mass is 10.0. The lowest BCUT2D eigenvalue weighted by molar-refractivity contribution is 1.78. The van der Waals surface area contributed by atoms with Gasteiger partial charge in [-0.05, 0) is 98.8 Å². The van der Waals surface area contributed by atoms with Crippen LogP contribution in [0.3, 0.4) is 0 Å². The van der Waals surface area contributed by atoms with Crippen molar-refractivity contribution in [1.29, 1.82) is 0 Å². The van der Waals surface area contributed by atoms with E-state index in [1.165, 1.54) is 39.2 Å². The molecular weight excluding hydrogens is 544 g/mol. The lowest BCUT2D eigenvalue weighted by Gasteiger charge is -2.20. The smallest absolute Gasteiger partial charge is 0.115 e. The van der Waals surface area contributed by atoms with Gasteiger partial charge in [-0.15, -0.1) is 22.7 Å². The molecular formula is C22H18Br2S2Si2. The van der Waals surface area contributed by atoms with Crippen molar-refractivity contribution in [1.82, 2.24) is 0 Å². The molecule has 28 heavy (non-hydrogen) atoms. The van der Waals surface area contributed by atoms with Crippen molar-refractivity contribution in [2.75, 3.05) is 0 Å². The average molecular weight is 562 g/mol. The molecule has 0 unspecified atom stereocenters. The van der Waals surface area contributed by atoms with Gasteiger partial charge in [0, 0.05) is 9.75 Å². The first-order valence-electron chi connectivity index (χ1n) is 9.41. The van der Waals surface area contributed by atoms with Crippen LogP contribution < -0.4 is 20.7 Å². The van der Waals surface area contributed by atoms with Crippen molar-refractivity contribution in [3.63, 3.8) is 0 Å². The highest BCUT2D eigenvalue weighted by Gasteiger charge is 2.41. The molecule has 2 aromatic carbocycles. The maximum atomic E-state index is 3.73. The Bertz CT molecular complexity index is 1240. The summed E-state index contributed by atoms with van der Waals surface area (Å²) in [4.78, 5) is 3.00. The van der Waals surface area contributed by atoms with E-state index < -0.39 is 16.1 Å². The largest absolute Gasteiger partial charge is 0.128 e. The van der Waals surface area contributed by atoms with Crippen LogP contribution in [0.25, 0.3) is 31.7 Å². The van der Waals surface area contributed by atoms with E-state index in [1.807, 2.05) is 22.7 Å². The summed E-state index contributed by atoms with van der Waals surface area (Å²) in [6.45, 7) is 10.0. The van der Waals surface area contributed by atoms with Crippen molar-refractivity contribution in [3.8, 4) is 20.9 Å². The van der Waals surface area contributed by atoms with Gasteiger partial charge in [0.2, 0.25) is 0 Å². The van der Waals surface area contributed by atoms with Gasteiger partial charge in [-0.1, -0.05) is 38.3 Å². The fourth-order valence-electron chi connectivity index (χ4n) is 5.10. The van der Waals surface area contributed by atoms with Gasteiger partial charge in [0.25, 0.3) is 0 Å². The van der Waals surface area contributed by atoms with Crippen molar-refractivity contribution in [2.24, 2.45) is 0 Å². The van der Waals surface area contributed by atoms with E-state index in [2.05, 4.69) is 94.4 Å². The Morgan fingerprint density at radius 2 is 0.964 bits per heavy atom. The second-order valence-corrected chi connectivity index (χ2v) is 22.5. The van der Waals surface area contributed by atoms with Crippen LogP contribution in [0.15, 0.2) is 44.0 Å². The second-order valence-electron chi connectivity index (χ2n) is 8.98. The average Bonchev–Trinajstić information content (AvgIpc) is 3.30. The van der Waals surface area contributed by atoms with Gasteiger partial charge in [-0.2, -0.15) is 0 Å². The van der Waals surface area contributed by atoms with Gasteiger partial charge in [0.05, 0.1) is 7.57 Å². The number of hydrogen-bond acceptors (Lipinski definition) is 2. The summed E-state index contributed by atoms with van der Waals surface area (Å²) in [5.74, 6) is 0. The molecule has 4 heterocycles. The zero-order valence-electron chi connectivity index (χ0n) is 16.0. The van der Waals surface area contributed by atoms with Crippen molar-refractivity contribution < 1.29 is 0 Å². The molecule has 0 aliphatic carbocycles. The number of halogens is 2. The van der Waals surface area contributed by atoms with Gasteiger partial charge < -0.3 is 0 Å². The molecule has 2 aromatic heterocycles. The molecule has 0 atom stereocenters. The van der Waals surface area contributed by atoms with Gasteiger partial charge >= 0.3 is 0 Å². The van der Waals surface area contributed by atoms with E-state index in [9.17, 15) is 0 Å². The zero-order chi connectivity index (χ0) is 19.6. The molecule has 0 bridgehead atoms. The minimum Gasteiger partial charge on any atom is -0.128 e. The highest BCUT2D eigenvalue weighted by Crippen LogP contribution is 2.41. The molecule has 2 aliphatic heterocycles. The first kappa shape index (κ1) is 18.3. The maximum absolute atomic E-state index is 3.73. The van der Waals surface area contributed by atoms with Crippen LogP contribution in [0.4, 0.5) is 0 Å². The van der Waals surface area contributed by atoms with Crippen molar-refractivity contribution >= 4 is 102 Å². The first-order valence-corrected chi connectivity index (χ1v) is 18.6. The molecule has 0 nitrogen and oxygen atoms in total. The summed E-state index contributed by atoms with van der Waals surface area (Å²) >= 11 is 11.3. The summed E-state index contributed by atoms with van der Waals surface area (Å²) < 4.78 is 2.53. The van der Waals surface area contributed by atoms with Crippen molar-refractivity contribution in [2.45, 2.75) is 26.2 Å². The first-order chi connectivity index (χ1) is 13.2. The Labute approximate surface area is 191 Å². The zero-order valence-corrected chi connectivity index (χ0v) is 22.8. The van der Waals surface area contributed by atoms with Crippen LogP contribution in [0.1, 0.15) is 0 Å². The Morgan fingerprint density at radius 3 is 1.36 bits per heavy atom. The highest BCUT2D eigenvalue weighted by molar-refractivity contribution is 9.11. The Kier molecular flexibility index (Phi) is 3.65. The van der Waals surface area contributed by atoms with Crippen LogP contribution in [-0.2, 0) is 0 Å². The van der Waals surface area contributed by atoms with Crippen LogP contribution in [0.5, 0.6) is 0 Å². The molecule has 0 saturated carbocycles. The standard InChI is InChI=1S/C22H18Br2S2Si2/c1-27(2)15-7-11-6-14-16(28(3,4)18-10-20(24)26-22(14)18)8-12(11)5-13(15)21-17(27)9-19(23)25-21/h5-10H,1-4H3. The van der Waals surface area contributed by atoms with Crippen LogP contribution >= 0.6 is 54.5 Å². The normalized spacial score (nSPS) is 17.5. The molecule has 0 spiro atoms. The van der Waals surface area contributed by atoms with E-state index >= 15 is 0 Å². The topological polar surface area (TPSA) is 0 Å². The Morgan fingerprint density at radius 1 is 0.571 bits per heavy atom. The molecule has 0 fully saturated rings. The second kappa shape index (κ2) is 5.59. The third kappa shape index (κ3) is 2.19. The molecule has 0 saturated heterocycles. The van der Waals surface area contributed by atoms with E-state index in [1.54, 1.807) is 20.7 Å². The monoisotopic (exact) mass is 560 g/mol. The molecule has 0 radical (unpaired) electrons. The fourth-order valence-corrected chi connectivity index (χ4v) is 16.6. The Balaban J connectivity index is 1.67. The molecule has 0 amide bonds. The number of rotatable bonds is 0. The minimum atomic E-state index is -1.62. The minimum absolute atomic E-state index is 1.27. The number of hydrogen-bond donors (Lipinski definition) is 0. The number of benzene rings is 2. The number of fused-ring (bicyclic) bond motifs is 7. The van der Waals surface area contributed by atoms with Gasteiger partial charge in [0.15, 0.2) is 0 Å². The molecule has 4 aromatic rings. The molecule has 2 aliphatic rings. The van der Waals surface area contributed by atoms with Gasteiger partial charge in [-0.25, -0.2) is 0 Å². The summed E-state index contributed by atoms with van der Waals surface area (Å²) in [6.07, 6.45) is 0. The van der Waals surface area contributed by atoms with Crippen molar-refractivity contribution in [3.05, 3.63) is 44.0 Å². The molecule has 6 heteroatoms. The SMILES string of the molecule is C[Si]1(C)c2cc3cc4c(cc3cc2-c2sc(Br)cc21)[Si](C)(C)c1cc(Br)sc1-4. The summed E-state index contributed by atoms with van der Waals surface area (Å²) in [7, 11) is -3.23. The quantitative estimate of drug-likeness (QED) is 0.228. The third-order valence-corrected chi connectivity index (χ3v) is 17.4. The fraction of sp³-hybridized carbons (Fsp3) is 0.182. The van der Waals surface area contributed by atoms with Crippen LogP contribution in [-0.4, -0.2) is 16.1 Å². The molecule has 0 N–H and O–H groups in total. The summed E-state index contributed by atoms with van der Waals surface area (Å²) in [6, 6.07) is 14.8. The molecule has 140 valence electrons. The predicted octanol–water partition coefficient (Wildman–Crippen LogP) is 6.09. The van der Waals surface area contributed by atoms with Crippen LogP contribution in [0.2, 0.25) is 26.2 Å². The van der Waals surface area contributed by atoms with E-state index in [0.717, 1.165) is 0 Å². The Hall–Kier alpha value is -0.506. The van der Waals surface area contributed by atoms with E-state index in [0.29, 0.717) is 0 Å². The van der Waals surface area contributed by atoms with Gasteiger partial charge in [-0.3, -0.25) is 0 Å². The summed E-state index contributed by atoms with van der Waals surface area (Å²) in [5, 5.41) is 9.23. The lowest BCUT2D eigenvalue weighted by Crippen LogP contribution is -2.49. The highest BCUT2D eigenvalue weighted by atomic mass is 79.9. The maximum Gasteiger partial charge on any atom is 0.115 e. The third-order valence-electron chi connectivity index (χ3n) is 6.70.